The summed E-state index contributed by atoms with van der Waals surface area (Å²) in [5, 5.41) is 11.7. The van der Waals surface area contributed by atoms with Crippen molar-refractivity contribution in [3.8, 4) is 0 Å². The van der Waals surface area contributed by atoms with Crippen molar-refractivity contribution >= 4 is 23.4 Å². The number of carbonyl (C=O) groups is 1. The van der Waals surface area contributed by atoms with E-state index in [2.05, 4.69) is 5.32 Å². The van der Waals surface area contributed by atoms with Crippen LogP contribution in [-0.2, 0) is 4.79 Å². The van der Waals surface area contributed by atoms with E-state index in [4.69, 9.17) is 5.11 Å². The third kappa shape index (κ3) is 4.30. The number of aliphatic hydroxyl groups is 1. The Kier molecular flexibility index (Phi) is 4.49. The van der Waals surface area contributed by atoms with Crippen molar-refractivity contribution in [1.82, 2.24) is 0 Å². The van der Waals surface area contributed by atoms with Gasteiger partial charge in [-0.2, -0.15) is 0 Å². The number of hydrogen-bond acceptors (Lipinski definition) is 3. The fourth-order valence-corrected chi connectivity index (χ4v) is 1.38. The minimum Gasteiger partial charge on any atom is -0.383 e. The van der Waals surface area contributed by atoms with E-state index in [9.17, 15) is 4.79 Å². The van der Waals surface area contributed by atoms with E-state index in [1.807, 2.05) is 30.3 Å². The van der Waals surface area contributed by atoms with E-state index < -0.39 is 5.44 Å². The van der Waals surface area contributed by atoms with Gasteiger partial charge in [-0.05, 0) is 19.1 Å². The highest BCUT2D eigenvalue weighted by Gasteiger charge is 2.04. The van der Waals surface area contributed by atoms with Gasteiger partial charge in [0.15, 0.2) is 0 Å². The Morgan fingerprint density at radius 2 is 2.14 bits per heavy atom. The molecule has 1 rings (SSSR count). The van der Waals surface area contributed by atoms with Crippen molar-refractivity contribution in [2.45, 2.75) is 12.4 Å². The average Bonchev–Trinajstić information content (AvgIpc) is 2.16. The zero-order valence-corrected chi connectivity index (χ0v) is 8.75. The predicted molar refractivity (Wildman–Crippen MR) is 59.2 cm³/mol. The van der Waals surface area contributed by atoms with Crippen LogP contribution < -0.4 is 5.32 Å². The first-order valence-corrected chi connectivity index (χ1v) is 5.38. The van der Waals surface area contributed by atoms with Gasteiger partial charge in [0, 0.05) is 5.69 Å². The molecule has 1 atom stereocenters. The molecule has 14 heavy (non-hydrogen) atoms. The first-order chi connectivity index (χ1) is 6.68. The van der Waals surface area contributed by atoms with Gasteiger partial charge in [-0.1, -0.05) is 18.2 Å². The predicted octanol–water partition coefficient (Wildman–Crippen LogP) is 1.70. The second kappa shape index (κ2) is 5.67. The Labute approximate surface area is 87.5 Å². The van der Waals surface area contributed by atoms with Crippen LogP contribution in [0.3, 0.4) is 0 Å². The molecular formula is C10H13NO2S. The van der Waals surface area contributed by atoms with E-state index in [1.54, 1.807) is 6.92 Å². The molecule has 1 amide bonds. The lowest BCUT2D eigenvalue weighted by atomic mass is 10.3. The van der Waals surface area contributed by atoms with Crippen molar-refractivity contribution in [2.75, 3.05) is 11.1 Å². The van der Waals surface area contributed by atoms with Crippen LogP contribution in [-0.4, -0.2) is 22.2 Å². The maximum Gasteiger partial charge on any atom is 0.234 e. The van der Waals surface area contributed by atoms with Crippen molar-refractivity contribution < 1.29 is 9.90 Å². The third-order valence-corrected chi connectivity index (χ3v) is 2.42. The number of hydrogen-bond donors (Lipinski definition) is 2. The van der Waals surface area contributed by atoms with Gasteiger partial charge < -0.3 is 10.4 Å². The molecule has 0 aliphatic rings. The lowest BCUT2D eigenvalue weighted by Crippen LogP contribution is -2.15. The van der Waals surface area contributed by atoms with Crippen LogP contribution >= 0.6 is 11.8 Å². The third-order valence-electron chi connectivity index (χ3n) is 1.51. The number of para-hydroxylation sites is 1. The first kappa shape index (κ1) is 11.1. The molecule has 1 aromatic carbocycles. The Balaban J connectivity index is 2.35. The van der Waals surface area contributed by atoms with Crippen molar-refractivity contribution in [2.24, 2.45) is 0 Å². The molecular weight excluding hydrogens is 198 g/mol. The number of amides is 1. The minimum atomic E-state index is -0.503. The maximum absolute atomic E-state index is 11.3. The summed E-state index contributed by atoms with van der Waals surface area (Å²) in [4.78, 5) is 11.3. The van der Waals surface area contributed by atoms with E-state index in [0.717, 1.165) is 5.69 Å². The zero-order chi connectivity index (χ0) is 10.4. The Bertz CT molecular complexity index is 287. The molecule has 0 saturated heterocycles. The molecule has 1 unspecified atom stereocenters. The topological polar surface area (TPSA) is 49.3 Å². The molecule has 0 aromatic heterocycles. The molecule has 0 aliphatic carbocycles. The molecule has 4 heteroatoms. The number of carbonyl (C=O) groups excluding carboxylic acids is 1. The highest BCUT2D eigenvalue weighted by atomic mass is 32.2. The highest BCUT2D eigenvalue weighted by Crippen LogP contribution is 2.09. The number of rotatable bonds is 4. The van der Waals surface area contributed by atoms with Gasteiger partial charge in [0.1, 0.15) is 0 Å². The number of thioether (sulfide) groups is 1. The normalized spacial score (nSPS) is 12.1. The summed E-state index contributed by atoms with van der Waals surface area (Å²) >= 11 is 1.20. The summed E-state index contributed by atoms with van der Waals surface area (Å²) in [6.07, 6.45) is 0. The number of aliphatic hydroxyl groups excluding tert-OH is 1. The maximum atomic E-state index is 11.3. The van der Waals surface area contributed by atoms with Crippen molar-refractivity contribution in [1.29, 1.82) is 0 Å². The zero-order valence-electron chi connectivity index (χ0n) is 7.93. The van der Waals surface area contributed by atoms with Crippen LogP contribution in [0.15, 0.2) is 30.3 Å². The lowest BCUT2D eigenvalue weighted by Gasteiger charge is -2.05. The number of benzene rings is 1. The van der Waals surface area contributed by atoms with E-state index in [1.165, 1.54) is 11.8 Å². The SMILES string of the molecule is CC(O)SCC(=O)Nc1ccccc1. The van der Waals surface area contributed by atoms with E-state index >= 15 is 0 Å². The van der Waals surface area contributed by atoms with E-state index in [-0.39, 0.29) is 11.7 Å². The van der Waals surface area contributed by atoms with Crippen LogP contribution in [0.2, 0.25) is 0 Å². The van der Waals surface area contributed by atoms with E-state index in [0.29, 0.717) is 0 Å². The van der Waals surface area contributed by atoms with Gasteiger partial charge >= 0.3 is 0 Å². The van der Waals surface area contributed by atoms with Gasteiger partial charge in [-0.3, -0.25) is 4.79 Å². The molecule has 0 radical (unpaired) electrons. The standard InChI is InChI=1S/C10H13NO2S/c1-8(12)14-7-10(13)11-9-5-3-2-4-6-9/h2-6,8,12H,7H2,1H3,(H,11,13). The quantitative estimate of drug-likeness (QED) is 0.745. The summed E-state index contributed by atoms with van der Waals surface area (Å²) in [5.74, 6) is 0.175. The van der Waals surface area contributed by atoms with Gasteiger partial charge in [-0.15, -0.1) is 11.8 Å². The molecule has 0 spiro atoms. The van der Waals surface area contributed by atoms with Crippen LogP contribution in [0.25, 0.3) is 0 Å². The summed E-state index contributed by atoms with van der Waals surface area (Å²) in [7, 11) is 0. The van der Waals surface area contributed by atoms with Crippen LogP contribution in [0.1, 0.15) is 6.92 Å². The molecule has 0 aliphatic heterocycles. The van der Waals surface area contributed by atoms with Gasteiger partial charge in [0.25, 0.3) is 0 Å². The molecule has 0 bridgehead atoms. The van der Waals surface area contributed by atoms with Crippen LogP contribution in [0.4, 0.5) is 5.69 Å². The van der Waals surface area contributed by atoms with Crippen LogP contribution in [0.5, 0.6) is 0 Å². The molecule has 1 aromatic rings. The Morgan fingerprint density at radius 3 is 2.71 bits per heavy atom. The second-order valence-electron chi connectivity index (χ2n) is 2.82. The molecule has 2 N–H and O–H groups in total. The minimum absolute atomic E-state index is 0.0953. The van der Waals surface area contributed by atoms with Crippen molar-refractivity contribution in [3.05, 3.63) is 30.3 Å². The summed E-state index contributed by atoms with van der Waals surface area (Å²) in [6, 6.07) is 9.25. The summed E-state index contributed by atoms with van der Waals surface area (Å²) in [6.45, 7) is 1.64. The molecule has 0 heterocycles. The summed E-state index contributed by atoms with van der Waals surface area (Å²) < 4.78 is 0. The fourth-order valence-electron chi connectivity index (χ4n) is 0.915. The molecule has 76 valence electrons. The highest BCUT2D eigenvalue weighted by molar-refractivity contribution is 8.00. The molecule has 0 saturated carbocycles. The van der Waals surface area contributed by atoms with Crippen molar-refractivity contribution in [3.63, 3.8) is 0 Å². The molecule has 0 fully saturated rings. The van der Waals surface area contributed by atoms with Gasteiger partial charge in [0.2, 0.25) is 5.91 Å². The average molecular weight is 211 g/mol. The number of nitrogens with one attached hydrogen (secondary N) is 1. The Morgan fingerprint density at radius 1 is 1.50 bits per heavy atom. The fraction of sp³-hybridized carbons (Fsp3) is 0.300. The van der Waals surface area contributed by atoms with Crippen LogP contribution in [0, 0.1) is 0 Å². The molecule has 3 nitrogen and oxygen atoms in total. The van der Waals surface area contributed by atoms with Gasteiger partial charge in [-0.25, -0.2) is 0 Å². The second-order valence-corrected chi connectivity index (χ2v) is 4.13. The number of anilines is 1. The Hall–Kier alpha value is -1.00. The van der Waals surface area contributed by atoms with Gasteiger partial charge in [0.05, 0.1) is 11.2 Å². The monoisotopic (exact) mass is 211 g/mol. The summed E-state index contributed by atoms with van der Waals surface area (Å²) in [5.41, 5.74) is 0.278. The largest absolute Gasteiger partial charge is 0.383 e. The lowest BCUT2D eigenvalue weighted by molar-refractivity contribution is -0.113. The first-order valence-electron chi connectivity index (χ1n) is 4.33. The smallest absolute Gasteiger partial charge is 0.234 e.